The van der Waals surface area contributed by atoms with Gasteiger partial charge < -0.3 is 14.9 Å². The van der Waals surface area contributed by atoms with E-state index in [-0.39, 0.29) is 12.2 Å². The minimum atomic E-state index is -0.418. The van der Waals surface area contributed by atoms with Crippen LogP contribution in [0.2, 0.25) is 0 Å². The molecule has 0 amide bonds. The third kappa shape index (κ3) is 7.75. The molecule has 0 aliphatic carbocycles. The van der Waals surface area contributed by atoms with E-state index in [0.717, 1.165) is 32.1 Å². The Morgan fingerprint density at radius 3 is 2.59 bits per heavy atom. The molecule has 3 heteroatoms. The van der Waals surface area contributed by atoms with E-state index in [4.69, 9.17) is 4.74 Å². The van der Waals surface area contributed by atoms with Crippen LogP contribution in [0, 0.1) is 0 Å². The first-order valence-corrected chi connectivity index (χ1v) is 9.31. The van der Waals surface area contributed by atoms with Crippen LogP contribution in [-0.4, -0.2) is 34.6 Å². The zero-order valence-corrected chi connectivity index (χ0v) is 14.4. The van der Waals surface area contributed by atoms with Crippen molar-refractivity contribution in [2.45, 2.75) is 108 Å². The van der Waals surface area contributed by atoms with Gasteiger partial charge in [0, 0.05) is 6.42 Å². The second kappa shape index (κ2) is 12.1. The topological polar surface area (TPSA) is 49.7 Å². The van der Waals surface area contributed by atoms with E-state index in [0.29, 0.717) is 6.42 Å². The minimum Gasteiger partial charge on any atom is -0.390 e. The van der Waals surface area contributed by atoms with Gasteiger partial charge in [0.2, 0.25) is 0 Å². The maximum atomic E-state index is 10.2. The van der Waals surface area contributed by atoms with Crippen molar-refractivity contribution >= 4 is 0 Å². The predicted octanol–water partition coefficient (Wildman–Crippen LogP) is 4.36. The smallest absolute Gasteiger partial charge is 0.0864 e. The number of hydrogen-bond acceptors (Lipinski definition) is 3. The van der Waals surface area contributed by atoms with Gasteiger partial charge in [0.05, 0.1) is 24.4 Å². The van der Waals surface area contributed by atoms with E-state index < -0.39 is 12.2 Å². The van der Waals surface area contributed by atoms with Gasteiger partial charge in [-0.2, -0.15) is 0 Å². The molecule has 1 rings (SSSR count). The summed E-state index contributed by atoms with van der Waals surface area (Å²) in [6.45, 7) is 5.91. The first-order chi connectivity index (χ1) is 10.7. The van der Waals surface area contributed by atoms with Gasteiger partial charge in [0.25, 0.3) is 0 Å². The SMILES string of the molecule is C=CCCCCCCC[C@@H](O)[C@H]1C[C@@H](O)[C@H](CCCCC)O1. The lowest BCUT2D eigenvalue weighted by atomic mass is 10.0. The van der Waals surface area contributed by atoms with Gasteiger partial charge in [0.15, 0.2) is 0 Å². The van der Waals surface area contributed by atoms with Gasteiger partial charge in [-0.1, -0.05) is 57.9 Å². The van der Waals surface area contributed by atoms with Crippen LogP contribution >= 0.6 is 0 Å². The molecule has 0 aromatic rings. The van der Waals surface area contributed by atoms with Crippen molar-refractivity contribution in [1.82, 2.24) is 0 Å². The van der Waals surface area contributed by atoms with E-state index in [1.54, 1.807) is 0 Å². The molecule has 0 bridgehead atoms. The van der Waals surface area contributed by atoms with Crippen molar-refractivity contribution in [2.24, 2.45) is 0 Å². The number of rotatable bonds is 13. The second-order valence-corrected chi connectivity index (χ2v) is 6.71. The highest BCUT2D eigenvalue weighted by molar-refractivity contribution is 4.85. The molecule has 0 unspecified atom stereocenters. The summed E-state index contributed by atoms with van der Waals surface area (Å²) in [6.07, 6.45) is 13.7. The highest BCUT2D eigenvalue weighted by Crippen LogP contribution is 2.28. The number of unbranched alkanes of at least 4 members (excludes halogenated alkanes) is 7. The molecule has 0 aromatic carbocycles. The molecule has 0 aromatic heterocycles. The molecule has 1 heterocycles. The van der Waals surface area contributed by atoms with Gasteiger partial charge >= 0.3 is 0 Å². The number of ether oxygens (including phenoxy) is 1. The first kappa shape index (κ1) is 19.7. The highest BCUT2D eigenvalue weighted by Gasteiger charge is 2.36. The van der Waals surface area contributed by atoms with Crippen molar-refractivity contribution in [3.05, 3.63) is 12.7 Å². The lowest BCUT2D eigenvalue weighted by Gasteiger charge is -2.19. The molecule has 1 aliphatic heterocycles. The summed E-state index contributed by atoms with van der Waals surface area (Å²) in [7, 11) is 0. The largest absolute Gasteiger partial charge is 0.390 e. The number of aliphatic hydroxyl groups excluding tert-OH is 2. The fraction of sp³-hybridized carbons (Fsp3) is 0.895. The van der Waals surface area contributed by atoms with Crippen LogP contribution in [0.4, 0.5) is 0 Å². The van der Waals surface area contributed by atoms with E-state index in [2.05, 4.69) is 13.5 Å². The third-order valence-corrected chi connectivity index (χ3v) is 4.68. The predicted molar refractivity (Wildman–Crippen MR) is 91.9 cm³/mol. The molecule has 3 nitrogen and oxygen atoms in total. The summed E-state index contributed by atoms with van der Waals surface area (Å²) < 4.78 is 5.88. The van der Waals surface area contributed by atoms with Crippen LogP contribution < -0.4 is 0 Å². The first-order valence-electron chi connectivity index (χ1n) is 9.31. The summed E-state index contributed by atoms with van der Waals surface area (Å²) in [5.41, 5.74) is 0. The fourth-order valence-corrected chi connectivity index (χ4v) is 3.22. The van der Waals surface area contributed by atoms with E-state index in [9.17, 15) is 10.2 Å². The average molecular weight is 312 g/mol. The molecule has 1 aliphatic rings. The van der Waals surface area contributed by atoms with Crippen molar-refractivity contribution in [2.75, 3.05) is 0 Å². The maximum absolute atomic E-state index is 10.2. The lowest BCUT2D eigenvalue weighted by molar-refractivity contribution is -0.0498. The zero-order chi connectivity index (χ0) is 16.2. The molecule has 2 N–H and O–H groups in total. The maximum Gasteiger partial charge on any atom is 0.0864 e. The Hall–Kier alpha value is -0.380. The number of allylic oxidation sites excluding steroid dienone is 1. The fourth-order valence-electron chi connectivity index (χ4n) is 3.22. The molecule has 0 radical (unpaired) electrons. The third-order valence-electron chi connectivity index (χ3n) is 4.68. The Bertz CT molecular complexity index is 280. The van der Waals surface area contributed by atoms with Crippen molar-refractivity contribution < 1.29 is 14.9 Å². The van der Waals surface area contributed by atoms with E-state index in [1.807, 2.05) is 6.08 Å². The molecule has 0 spiro atoms. The van der Waals surface area contributed by atoms with Gasteiger partial charge in [-0.05, 0) is 25.7 Å². The van der Waals surface area contributed by atoms with E-state index >= 15 is 0 Å². The Balaban J connectivity index is 2.10. The minimum absolute atomic E-state index is 0.0647. The van der Waals surface area contributed by atoms with Gasteiger partial charge in [-0.25, -0.2) is 0 Å². The Labute approximate surface area is 136 Å². The van der Waals surface area contributed by atoms with Crippen LogP contribution in [0.15, 0.2) is 12.7 Å². The van der Waals surface area contributed by atoms with Gasteiger partial charge in [0.1, 0.15) is 0 Å². The quantitative estimate of drug-likeness (QED) is 0.392. The molecular weight excluding hydrogens is 276 g/mol. The summed E-state index contributed by atoms with van der Waals surface area (Å²) in [5.74, 6) is 0. The standard InChI is InChI=1S/C19H36O3/c1-3-5-7-8-9-10-12-13-16(20)19-15-17(21)18(22-19)14-11-6-4-2/h3,16-21H,1,4-15H2,2H3/t16-,17-,18+,19-/m1/s1. The Kier molecular flexibility index (Phi) is 10.8. The highest BCUT2D eigenvalue weighted by atomic mass is 16.5. The zero-order valence-electron chi connectivity index (χ0n) is 14.4. The van der Waals surface area contributed by atoms with Crippen LogP contribution in [0.1, 0.15) is 84.0 Å². The summed E-state index contributed by atoms with van der Waals surface area (Å²) in [4.78, 5) is 0. The lowest BCUT2D eigenvalue weighted by Crippen LogP contribution is -2.26. The number of aliphatic hydroxyl groups is 2. The molecule has 4 atom stereocenters. The second-order valence-electron chi connectivity index (χ2n) is 6.71. The molecule has 0 saturated carbocycles. The molecule has 1 fully saturated rings. The van der Waals surface area contributed by atoms with Gasteiger partial charge in [-0.15, -0.1) is 6.58 Å². The molecule has 130 valence electrons. The molecule has 1 saturated heterocycles. The van der Waals surface area contributed by atoms with Crippen molar-refractivity contribution in [3.8, 4) is 0 Å². The number of hydrogen-bond donors (Lipinski definition) is 2. The Morgan fingerprint density at radius 2 is 1.86 bits per heavy atom. The van der Waals surface area contributed by atoms with Crippen LogP contribution in [0.3, 0.4) is 0 Å². The Morgan fingerprint density at radius 1 is 1.14 bits per heavy atom. The van der Waals surface area contributed by atoms with Crippen molar-refractivity contribution in [3.63, 3.8) is 0 Å². The average Bonchev–Trinajstić information content (AvgIpc) is 2.88. The molecular formula is C19H36O3. The van der Waals surface area contributed by atoms with Gasteiger partial charge in [-0.3, -0.25) is 0 Å². The van der Waals surface area contributed by atoms with Crippen molar-refractivity contribution in [1.29, 1.82) is 0 Å². The van der Waals surface area contributed by atoms with Crippen LogP contribution in [0.25, 0.3) is 0 Å². The summed E-state index contributed by atoms with van der Waals surface area (Å²) in [5, 5.41) is 20.3. The monoisotopic (exact) mass is 312 g/mol. The van der Waals surface area contributed by atoms with Crippen LogP contribution in [0.5, 0.6) is 0 Å². The molecule has 22 heavy (non-hydrogen) atoms. The normalized spacial score (nSPS) is 26.2. The summed E-state index contributed by atoms with van der Waals surface area (Å²) >= 11 is 0. The summed E-state index contributed by atoms with van der Waals surface area (Å²) in [6, 6.07) is 0. The van der Waals surface area contributed by atoms with E-state index in [1.165, 1.54) is 38.5 Å². The van der Waals surface area contributed by atoms with Crippen LogP contribution in [-0.2, 0) is 4.74 Å².